The number of nitrogens with zero attached hydrogens (tertiary/aromatic N) is 2. The van der Waals surface area contributed by atoms with E-state index >= 15 is 0 Å². The molecule has 1 N–H and O–H groups in total. The molecule has 1 aromatic rings. The number of hydrogen-bond acceptors (Lipinski definition) is 3. The zero-order chi connectivity index (χ0) is 13.9. The van der Waals surface area contributed by atoms with E-state index in [0.29, 0.717) is 17.5 Å². The summed E-state index contributed by atoms with van der Waals surface area (Å²) in [7, 11) is 0. The Balaban J connectivity index is 1.76. The summed E-state index contributed by atoms with van der Waals surface area (Å²) in [6.45, 7) is 3.04. The number of benzene rings is 1. The van der Waals surface area contributed by atoms with E-state index in [9.17, 15) is 4.39 Å². The summed E-state index contributed by atoms with van der Waals surface area (Å²) >= 11 is 0. The Morgan fingerprint density at radius 1 is 1.25 bits per heavy atom. The van der Waals surface area contributed by atoms with Crippen LogP contribution in [0.15, 0.2) is 18.2 Å². The van der Waals surface area contributed by atoms with Crippen molar-refractivity contribution in [1.82, 2.24) is 5.32 Å². The fraction of sp³-hybridized carbons (Fsp3) is 0.562. The Hall–Kier alpha value is -1.60. The largest absolute Gasteiger partial charge is 0.371 e. The van der Waals surface area contributed by atoms with Gasteiger partial charge in [0.15, 0.2) is 0 Å². The highest BCUT2D eigenvalue weighted by molar-refractivity contribution is 5.52. The first kappa shape index (κ1) is 13.4. The fourth-order valence-electron chi connectivity index (χ4n) is 3.51. The SMILES string of the molecule is N#Cc1cc(F)cc(N2CCCC(C3CCCN3)C2)c1. The first-order valence-corrected chi connectivity index (χ1v) is 7.45. The molecule has 4 heteroatoms. The lowest BCUT2D eigenvalue weighted by molar-refractivity contribution is 0.328. The first-order valence-electron chi connectivity index (χ1n) is 7.45. The lowest BCUT2D eigenvalue weighted by atomic mass is 9.89. The van der Waals surface area contributed by atoms with Crippen molar-refractivity contribution < 1.29 is 4.39 Å². The molecule has 1 aromatic carbocycles. The van der Waals surface area contributed by atoms with Crippen LogP contribution in [-0.2, 0) is 0 Å². The van der Waals surface area contributed by atoms with Crippen LogP contribution in [-0.4, -0.2) is 25.7 Å². The lowest BCUT2D eigenvalue weighted by Crippen LogP contribution is -2.43. The fourth-order valence-corrected chi connectivity index (χ4v) is 3.51. The molecule has 2 unspecified atom stereocenters. The molecule has 2 fully saturated rings. The van der Waals surface area contributed by atoms with Crippen molar-refractivity contribution in [1.29, 1.82) is 5.26 Å². The van der Waals surface area contributed by atoms with Gasteiger partial charge in [0.1, 0.15) is 5.82 Å². The van der Waals surface area contributed by atoms with Crippen molar-refractivity contribution in [2.45, 2.75) is 31.7 Å². The molecular formula is C16H20FN3. The van der Waals surface area contributed by atoms with Crippen LogP contribution in [0.5, 0.6) is 0 Å². The maximum absolute atomic E-state index is 13.6. The van der Waals surface area contributed by atoms with E-state index in [0.717, 1.165) is 31.7 Å². The second kappa shape index (κ2) is 5.80. The monoisotopic (exact) mass is 273 g/mol. The Morgan fingerprint density at radius 3 is 2.90 bits per heavy atom. The predicted octanol–water partition coefficient (Wildman–Crippen LogP) is 2.67. The molecular weight excluding hydrogens is 253 g/mol. The van der Waals surface area contributed by atoms with Gasteiger partial charge in [-0.1, -0.05) is 0 Å². The Kier molecular flexibility index (Phi) is 3.88. The highest BCUT2D eigenvalue weighted by Crippen LogP contribution is 2.29. The van der Waals surface area contributed by atoms with Crippen molar-refractivity contribution in [2.24, 2.45) is 5.92 Å². The minimum absolute atomic E-state index is 0.319. The van der Waals surface area contributed by atoms with E-state index < -0.39 is 0 Å². The summed E-state index contributed by atoms with van der Waals surface area (Å²) < 4.78 is 13.6. The van der Waals surface area contributed by atoms with Gasteiger partial charge in [0, 0.05) is 24.8 Å². The second-order valence-electron chi connectivity index (χ2n) is 5.86. The summed E-state index contributed by atoms with van der Waals surface area (Å²) in [5.41, 5.74) is 1.25. The molecule has 2 atom stereocenters. The highest BCUT2D eigenvalue weighted by atomic mass is 19.1. The van der Waals surface area contributed by atoms with Gasteiger partial charge in [-0.15, -0.1) is 0 Å². The van der Waals surface area contributed by atoms with Crippen molar-refractivity contribution >= 4 is 5.69 Å². The quantitative estimate of drug-likeness (QED) is 0.900. The zero-order valence-electron chi connectivity index (χ0n) is 11.6. The lowest BCUT2D eigenvalue weighted by Gasteiger charge is -2.37. The predicted molar refractivity (Wildman–Crippen MR) is 77.1 cm³/mol. The first-order chi connectivity index (χ1) is 9.76. The molecule has 0 aliphatic carbocycles. The van der Waals surface area contributed by atoms with E-state index in [2.05, 4.69) is 10.2 Å². The Labute approximate surface area is 119 Å². The second-order valence-corrected chi connectivity index (χ2v) is 5.86. The number of piperidine rings is 1. The Bertz CT molecular complexity index is 517. The number of anilines is 1. The molecule has 0 spiro atoms. The van der Waals surface area contributed by atoms with Gasteiger partial charge in [0.05, 0.1) is 11.6 Å². The number of rotatable bonds is 2. The number of halogens is 1. The van der Waals surface area contributed by atoms with Crippen LogP contribution in [0, 0.1) is 23.1 Å². The normalized spacial score (nSPS) is 26.5. The maximum atomic E-state index is 13.6. The minimum Gasteiger partial charge on any atom is -0.371 e. The molecule has 20 heavy (non-hydrogen) atoms. The van der Waals surface area contributed by atoms with Gasteiger partial charge in [0.2, 0.25) is 0 Å². The van der Waals surface area contributed by atoms with Gasteiger partial charge in [0.25, 0.3) is 0 Å². The van der Waals surface area contributed by atoms with Crippen LogP contribution >= 0.6 is 0 Å². The molecule has 0 bridgehead atoms. The molecule has 2 aliphatic rings. The van der Waals surface area contributed by atoms with Crippen LogP contribution in [0.3, 0.4) is 0 Å². The van der Waals surface area contributed by atoms with Gasteiger partial charge < -0.3 is 10.2 Å². The van der Waals surface area contributed by atoms with Gasteiger partial charge in [-0.25, -0.2) is 4.39 Å². The standard InChI is InChI=1S/C16H20FN3/c17-14-7-12(10-18)8-15(9-14)20-6-2-3-13(11-20)16-4-1-5-19-16/h7-9,13,16,19H,1-6,11H2. The molecule has 0 aromatic heterocycles. The maximum Gasteiger partial charge on any atom is 0.126 e. The smallest absolute Gasteiger partial charge is 0.126 e. The van der Waals surface area contributed by atoms with Crippen LogP contribution < -0.4 is 10.2 Å². The van der Waals surface area contributed by atoms with E-state index in [1.54, 1.807) is 12.1 Å². The zero-order valence-corrected chi connectivity index (χ0v) is 11.6. The van der Waals surface area contributed by atoms with E-state index in [1.165, 1.54) is 25.3 Å². The third-order valence-electron chi connectivity index (χ3n) is 4.50. The summed E-state index contributed by atoms with van der Waals surface area (Å²) in [4.78, 5) is 2.23. The van der Waals surface area contributed by atoms with Crippen LogP contribution in [0.1, 0.15) is 31.2 Å². The summed E-state index contributed by atoms with van der Waals surface area (Å²) in [5, 5.41) is 12.5. The molecule has 3 rings (SSSR count). The topological polar surface area (TPSA) is 39.1 Å². The highest BCUT2D eigenvalue weighted by Gasteiger charge is 2.29. The number of nitrogens with one attached hydrogen (secondary N) is 1. The molecule has 2 heterocycles. The van der Waals surface area contributed by atoms with E-state index in [4.69, 9.17) is 5.26 Å². The summed E-state index contributed by atoms with van der Waals surface area (Å²) in [6.07, 6.45) is 4.90. The molecule has 0 saturated carbocycles. The van der Waals surface area contributed by atoms with Crippen molar-refractivity contribution in [2.75, 3.05) is 24.5 Å². The molecule has 3 nitrogen and oxygen atoms in total. The number of hydrogen-bond donors (Lipinski definition) is 1. The van der Waals surface area contributed by atoms with Gasteiger partial charge >= 0.3 is 0 Å². The van der Waals surface area contributed by atoms with Gasteiger partial charge in [-0.2, -0.15) is 5.26 Å². The molecule has 0 amide bonds. The molecule has 0 radical (unpaired) electrons. The van der Waals surface area contributed by atoms with Gasteiger partial charge in [-0.3, -0.25) is 0 Å². The van der Waals surface area contributed by atoms with Crippen LogP contribution in [0.2, 0.25) is 0 Å². The summed E-state index contributed by atoms with van der Waals surface area (Å²) in [5.74, 6) is 0.320. The van der Waals surface area contributed by atoms with Crippen LogP contribution in [0.4, 0.5) is 10.1 Å². The molecule has 2 saturated heterocycles. The average molecular weight is 273 g/mol. The third kappa shape index (κ3) is 2.78. The van der Waals surface area contributed by atoms with Crippen molar-refractivity contribution in [3.05, 3.63) is 29.6 Å². The van der Waals surface area contributed by atoms with Crippen molar-refractivity contribution in [3.8, 4) is 6.07 Å². The minimum atomic E-state index is -0.319. The third-order valence-corrected chi connectivity index (χ3v) is 4.50. The van der Waals surface area contributed by atoms with Gasteiger partial charge in [-0.05, 0) is 56.3 Å². The summed E-state index contributed by atoms with van der Waals surface area (Å²) in [6, 6.07) is 7.29. The molecule has 2 aliphatic heterocycles. The van der Waals surface area contributed by atoms with Crippen LogP contribution in [0.25, 0.3) is 0 Å². The number of nitriles is 1. The molecule has 106 valence electrons. The Morgan fingerprint density at radius 2 is 2.15 bits per heavy atom. The van der Waals surface area contributed by atoms with E-state index in [-0.39, 0.29) is 5.82 Å². The van der Waals surface area contributed by atoms with Crippen molar-refractivity contribution in [3.63, 3.8) is 0 Å². The van der Waals surface area contributed by atoms with E-state index in [1.807, 2.05) is 6.07 Å². The average Bonchev–Trinajstić information content (AvgIpc) is 3.01.